The van der Waals surface area contributed by atoms with Crippen LogP contribution in [0.3, 0.4) is 0 Å². The van der Waals surface area contributed by atoms with E-state index in [0.29, 0.717) is 25.1 Å². The zero-order chi connectivity index (χ0) is 15.2. The Kier molecular flexibility index (Phi) is 3.63. The fourth-order valence-electron chi connectivity index (χ4n) is 3.65. The fraction of sp³-hybridized carbons (Fsp3) is 0.786. The average Bonchev–Trinajstić information content (AvgIpc) is 2.95. The maximum absolute atomic E-state index is 12.8. The van der Waals surface area contributed by atoms with Crippen LogP contribution < -0.4 is 0 Å². The van der Waals surface area contributed by atoms with Gasteiger partial charge in [0.05, 0.1) is 4.87 Å². The van der Waals surface area contributed by atoms with E-state index in [1.54, 1.807) is 16.7 Å². The van der Waals surface area contributed by atoms with Crippen LogP contribution in [0.5, 0.6) is 0 Å². The number of carbonyl (C=O) groups excluding carboxylic acids is 2. The topological polar surface area (TPSA) is 77.9 Å². The minimum absolute atomic E-state index is 0.0183. The van der Waals surface area contributed by atoms with Gasteiger partial charge in [-0.2, -0.15) is 0 Å². The van der Waals surface area contributed by atoms with E-state index >= 15 is 0 Å². The van der Waals surface area contributed by atoms with E-state index in [2.05, 4.69) is 0 Å². The maximum atomic E-state index is 12.8. The standard InChI is InChI=1S/C14H20N2O4S/c1-14-6-5-11(17)16(14)10(8-21-14)12(18)15-7-3-2-4-9(15)13(19)20/h9-10H,2-8H2,1H3,(H,19,20)/t9-,10?,14?/m0/s1. The summed E-state index contributed by atoms with van der Waals surface area (Å²) in [5.74, 6) is -0.535. The Balaban J connectivity index is 1.81. The molecule has 7 heteroatoms. The number of hydrogen-bond acceptors (Lipinski definition) is 4. The van der Waals surface area contributed by atoms with Crippen molar-refractivity contribution in [2.45, 2.75) is 56.0 Å². The van der Waals surface area contributed by atoms with Crippen molar-refractivity contribution in [3.05, 3.63) is 0 Å². The molecule has 3 rings (SSSR count). The summed E-state index contributed by atoms with van der Waals surface area (Å²) in [4.78, 5) is 39.2. The highest BCUT2D eigenvalue weighted by Crippen LogP contribution is 2.47. The van der Waals surface area contributed by atoms with Crippen LogP contribution in [0.4, 0.5) is 0 Å². The molecule has 0 spiro atoms. The number of nitrogens with zero attached hydrogens (tertiary/aromatic N) is 2. The van der Waals surface area contributed by atoms with Crippen molar-refractivity contribution < 1.29 is 19.5 Å². The Hall–Kier alpha value is -1.24. The number of likely N-dealkylation sites (tertiary alicyclic amines) is 1. The van der Waals surface area contributed by atoms with Gasteiger partial charge in [0.1, 0.15) is 12.1 Å². The molecular weight excluding hydrogens is 292 g/mol. The predicted octanol–water partition coefficient (Wildman–Crippen LogP) is 0.906. The summed E-state index contributed by atoms with van der Waals surface area (Å²) in [5.41, 5.74) is 0. The molecule has 3 fully saturated rings. The Morgan fingerprint density at radius 3 is 2.81 bits per heavy atom. The SMILES string of the molecule is CC12CCC(=O)N1C(C(=O)N1CCCC[C@H]1C(=O)O)CS2. The third-order valence-corrected chi connectivity index (χ3v) is 6.31. The van der Waals surface area contributed by atoms with Crippen LogP contribution in [-0.2, 0) is 14.4 Å². The molecule has 3 saturated heterocycles. The van der Waals surface area contributed by atoms with Crippen molar-refractivity contribution in [2.75, 3.05) is 12.3 Å². The second kappa shape index (κ2) is 5.19. The number of carboxylic acid groups (broad SMARTS) is 1. The summed E-state index contributed by atoms with van der Waals surface area (Å²) in [6.45, 7) is 2.48. The van der Waals surface area contributed by atoms with E-state index in [1.165, 1.54) is 4.90 Å². The number of aliphatic carboxylic acids is 1. The van der Waals surface area contributed by atoms with E-state index < -0.39 is 18.1 Å². The van der Waals surface area contributed by atoms with Crippen LogP contribution in [0.1, 0.15) is 39.0 Å². The van der Waals surface area contributed by atoms with Gasteiger partial charge in [0.15, 0.2) is 0 Å². The second-order valence-electron chi connectivity index (χ2n) is 6.15. The third kappa shape index (κ3) is 2.31. The van der Waals surface area contributed by atoms with Crippen LogP contribution in [0, 0.1) is 0 Å². The van der Waals surface area contributed by atoms with Gasteiger partial charge >= 0.3 is 5.97 Å². The summed E-state index contributed by atoms with van der Waals surface area (Å²) >= 11 is 1.64. The molecule has 0 aromatic heterocycles. The van der Waals surface area contributed by atoms with Gasteiger partial charge in [-0.05, 0) is 32.6 Å². The third-order valence-electron chi connectivity index (χ3n) is 4.80. The molecule has 0 aromatic carbocycles. The number of fused-ring (bicyclic) bond motifs is 1. The molecule has 1 N–H and O–H groups in total. The van der Waals surface area contributed by atoms with Crippen LogP contribution in [-0.4, -0.2) is 61.9 Å². The Morgan fingerprint density at radius 2 is 2.10 bits per heavy atom. The summed E-state index contributed by atoms with van der Waals surface area (Å²) in [6.07, 6.45) is 3.42. The Bertz CT molecular complexity index is 497. The second-order valence-corrected chi connectivity index (χ2v) is 7.65. The fourth-order valence-corrected chi connectivity index (χ4v) is 5.07. The molecule has 3 aliphatic rings. The highest BCUT2D eigenvalue weighted by atomic mass is 32.2. The van der Waals surface area contributed by atoms with E-state index in [-0.39, 0.29) is 16.7 Å². The lowest BCUT2D eigenvalue weighted by Crippen LogP contribution is -2.56. The van der Waals surface area contributed by atoms with Crippen LogP contribution in [0.2, 0.25) is 0 Å². The molecule has 0 aliphatic carbocycles. The van der Waals surface area contributed by atoms with Gasteiger partial charge < -0.3 is 14.9 Å². The summed E-state index contributed by atoms with van der Waals surface area (Å²) in [6, 6.07) is -1.23. The van der Waals surface area contributed by atoms with Crippen molar-refractivity contribution in [1.82, 2.24) is 9.80 Å². The van der Waals surface area contributed by atoms with Gasteiger partial charge in [-0.25, -0.2) is 4.79 Å². The molecule has 0 saturated carbocycles. The first-order chi connectivity index (χ1) is 9.94. The minimum atomic E-state index is -0.941. The monoisotopic (exact) mass is 312 g/mol. The minimum Gasteiger partial charge on any atom is -0.480 e. The summed E-state index contributed by atoms with van der Waals surface area (Å²) in [5, 5.41) is 9.31. The predicted molar refractivity (Wildman–Crippen MR) is 77.7 cm³/mol. The van der Waals surface area contributed by atoms with Crippen LogP contribution >= 0.6 is 11.8 Å². The number of thioether (sulfide) groups is 1. The van der Waals surface area contributed by atoms with Crippen molar-refractivity contribution in [3.63, 3.8) is 0 Å². The maximum Gasteiger partial charge on any atom is 0.326 e. The highest BCUT2D eigenvalue weighted by Gasteiger charge is 2.54. The molecule has 3 aliphatic heterocycles. The molecule has 21 heavy (non-hydrogen) atoms. The zero-order valence-corrected chi connectivity index (χ0v) is 12.9. The van der Waals surface area contributed by atoms with E-state index in [0.717, 1.165) is 19.3 Å². The quantitative estimate of drug-likeness (QED) is 0.820. The zero-order valence-electron chi connectivity index (χ0n) is 12.1. The first-order valence-corrected chi connectivity index (χ1v) is 8.42. The number of carboxylic acids is 1. The van der Waals surface area contributed by atoms with Gasteiger partial charge in [-0.3, -0.25) is 9.59 Å². The largest absolute Gasteiger partial charge is 0.480 e. The smallest absolute Gasteiger partial charge is 0.326 e. The van der Waals surface area contributed by atoms with E-state index in [4.69, 9.17) is 0 Å². The van der Waals surface area contributed by atoms with Gasteiger partial charge in [0.25, 0.3) is 0 Å². The highest BCUT2D eigenvalue weighted by molar-refractivity contribution is 8.01. The van der Waals surface area contributed by atoms with E-state index in [1.807, 2.05) is 6.92 Å². The molecule has 2 amide bonds. The van der Waals surface area contributed by atoms with Gasteiger partial charge in [-0.1, -0.05) is 0 Å². The molecule has 3 atom stereocenters. The van der Waals surface area contributed by atoms with Crippen molar-refractivity contribution in [1.29, 1.82) is 0 Å². The number of amides is 2. The van der Waals surface area contributed by atoms with Crippen LogP contribution in [0.15, 0.2) is 0 Å². The first-order valence-electron chi connectivity index (χ1n) is 7.43. The number of piperidine rings is 1. The lowest BCUT2D eigenvalue weighted by Gasteiger charge is -2.37. The lowest BCUT2D eigenvalue weighted by atomic mass is 10.0. The Labute approximate surface area is 127 Å². The average molecular weight is 312 g/mol. The Morgan fingerprint density at radius 1 is 1.33 bits per heavy atom. The molecule has 116 valence electrons. The van der Waals surface area contributed by atoms with Crippen LogP contribution in [0.25, 0.3) is 0 Å². The van der Waals surface area contributed by atoms with Gasteiger partial charge in [0.2, 0.25) is 11.8 Å². The summed E-state index contributed by atoms with van der Waals surface area (Å²) < 4.78 is 0. The molecule has 3 heterocycles. The van der Waals surface area contributed by atoms with Crippen molar-refractivity contribution in [3.8, 4) is 0 Å². The number of carbonyl (C=O) groups is 3. The molecule has 2 unspecified atom stereocenters. The molecule has 0 radical (unpaired) electrons. The molecule has 6 nitrogen and oxygen atoms in total. The first kappa shape index (κ1) is 14.7. The number of rotatable bonds is 2. The van der Waals surface area contributed by atoms with Gasteiger partial charge in [-0.15, -0.1) is 11.8 Å². The summed E-state index contributed by atoms with van der Waals surface area (Å²) in [7, 11) is 0. The normalized spacial score (nSPS) is 36.0. The molecular formula is C14H20N2O4S. The van der Waals surface area contributed by atoms with Gasteiger partial charge in [0, 0.05) is 18.7 Å². The van der Waals surface area contributed by atoms with Crippen molar-refractivity contribution in [2.24, 2.45) is 0 Å². The molecule has 0 aromatic rings. The molecule has 0 bridgehead atoms. The van der Waals surface area contributed by atoms with E-state index in [9.17, 15) is 19.5 Å². The lowest BCUT2D eigenvalue weighted by molar-refractivity contribution is -0.155. The van der Waals surface area contributed by atoms with Crippen molar-refractivity contribution >= 4 is 29.5 Å². The number of hydrogen-bond donors (Lipinski definition) is 1.